The summed E-state index contributed by atoms with van der Waals surface area (Å²) in [6, 6.07) is 22.3. The summed E-state index contributed by atoms with van der Waals surface area (Å²) in [5.74, 6) is 1.61. The minimum Gasteiger partial charge on any atom is -0.474 e. The summed E-state index contributed by atoms with van der Waals surface area (Å²) in [5, 5.41) is 10.6. The van der Waals surface area contributed by atoms with E-state index in [1.165, 1.54) is 11.3 Å². The van der Waals surface area contributed by atoms with Gasteiger partial charge in [0.25, 0.3) is 5.91 Å². The molecule has 2 aromatic heterocycles. The lowest BCUT2D eigenvalue weighted by Gasteiger charge is -2.39. The first-order valence-electron chi connectivity index (χ1n) is 21.2. The summed E-state index contributed by atoms with van der Waals surface area (Å²) in [4.78, 5) is 47.6. The molecule has 0 radical (unpaired) electrons. The molecule has 3 N–H and O–H groups in total. The summed E-state index contributed by atoms with van der Waals surface area (Å²) in [6.45, 7) is 21.1. The van der Waals surface area contributed by atoms with Crippen molar-refractivity contribution >= 4 is 39.8 Å². The van der Waals surface area contributed by atoms with E-state index < -0.39 is 0 Å². The molecule has 13 nitrogen and oxygen atoms in total. The number of hydrogen-bond acceptors (Lipinski definition) is 11. The molecular weight excluding hydrogens is 753 g/mol. The van der Waals surface area contributed by atoms with Crippen LogP contribution in [0.5, 0.6) is 5.88 Å². The number of anilines is 3. The van der Waals surface area contributed by atoms with Crippen LogP contribution in [-0.4, -0.2) is 126 Å². The molecule has 60 heavy (non-hydrogen) atoms. The molecule has 3 saturated heterocycles. The summed E-state index contributed by atoms with van der Waals surface area (Å²) in [6.07, 6.45) is 5.32. The topological polar surface area (TPSA) is 131 Å². The number of allylic oxidation sites excluding steroid dienone is 1. The summed E-state index contributed by atoms with van der Waals surface area (Å²) < 4.78 is 5.59. The predicted octanol–water partition coefficient (Wildman–Crippen LogP) is 5.89. The lowest BCUT2D eigenvalue weighted by atomic mass is 10.00. The van der Waals surface area contributed by atoms with Crippen molar-refractivity contribution in [1.82, 2.24) is 35.0 Å². The molecule has 13 heteroatoms. The van der Waals surface area contributed by atoms with Crippen LogP contribution in [0.1, 0.15) is 40.2 Å². The van der Waals surface area contributed by atoms with Crippen molar-refractivity contribution in [2.75, 3.05) is 94.1 Å². The highest BCUT2D eigenvalue weighted by Gasteiger charge is 2.25. The van der Waals surface area contributed by atoms with Gasteiger partial charge in [-0.2, -0.15) is 0 Å². The Bertz CT molecular complexity index is 2320. The number of amides is 2. The van der Waals surface area contributed by atoms with Gasteiger partial charge in [0.05, 0.1) is 5.52 Å². The second-order valence-electron chi connectivity index (χ2n) is 16.1. The maximum Gasteiger partial charge on any atom is 0.253 e. The molecule has 5 aromatic rings. The van der Waals surface area contributed by atoms with Gasteiger partial charge in [0.1, 0.15) is 24.2 Å². The second-order valence-corrected chi connectivity index (χ2v) is 16.1. The third-order valence-corrected chi connectivity index (χ3v) is 11.9. The number of nitrogens with zero attached hydrogens (tertiary/aromatic N) is 7. The molecule has 0 spiro atoms. The van der Waals surface area contributed by atoms with Crippen molar-refractivity contribution in [3.05, 3.63) is 114 Å². The zero-order chi connectivity index (χ0) is 41.6. The van der Waals surface area contributed by atoms with E-state index in [2.05, 4.69) is 95.5 Å². The van der Waals surface area contributed by atoms with Crippen LogP contribution in [-0.2, 0) is 4.79 Å². The van der Waals surface area contributed by atoms with E-state index in [0.717, 1.165) is 141 Å². The van der Waals surface area contributed by atoms with Crippen LogP contribution in [0, 0.1) is 20.8 Å². The number of fused-ring (bicyclic) bond motifs is 2. The fourth-order valence-corrected chi connectivity index (χ4v) is 8.24. The Morgan fingerprint density at radius 3 is 2.30 bits per heavy atom. The molecule has 4 aliphatic rings. The van der Waals surface area contributed by atoms with Gasteiger partial charge in [-0.3, -0.25) is 19.4 Å². The minimum atomic E-state index is -0.202. The molecule has 9 rings (SSSR count). The van der Waals surface area contributed by atoms with E-state index in [4.69, 9.17) is 4.74 Å². The fourth-order valence-electron chi connectivity index (χ4n) is 8.24. The Hall–Kier alpha value is -6.05. The van der Waals surface area contributed by atoms with Crippen LogP contribution in [0.2, 0.25) is 0 Å². The van der Waals surface area contributed by atoms with Crippen LogP contribution in [0.4, 0.5) is 17.1 Å². The molecule has 0 bridgehead atoms. The lowest BCUT2D eigenvalue weighted by molar-refractivity contribution is -0.122. The van der Waals surface area contributed by atoms with Crippen molar-refractivity contribution in [2.45, 2.75) is 39.7 Å². The number of hydrogen-bond donors (Lipinski definition) is 3. The third kappa shape index (κ3) is 9.69. The molecule has 312 valence electrons. The molecule has 0 aliphatic carbocycles. The Morgan fingerprint density at radius 2 is 1.58 bits per heavy atom. The normalized spacial score (nSPS) is 18.4. The number of carbonyl (C=O) groups excluding carboxylic acids is 2. The summed E-state index contributed by atoms with van der Waals surface area (Å²) in [5.41, 5.74) is 10.2. The average Bonchev–Trinajstić information content (AvgIpc) is 3.27. The summed E-state index contributed by atoms with van der Waals surface area (Å²) >= 11 is 0. The van der Waals surface area contributed by atoms with Crippen molar-refractivity contribution in [3.8, 4) is 17.0 Å². The monoisotopic (exact) mass is 808 g/mol. The van der Waals surface area contributed by atoms with E-state index >= 15 is 0 Å². The van der Waals surface area contributed by atoms with E-state index in [-0.39, 0.29) is 17.9 Å². The third-order valence-electron chi connectivity index (χ3n) is 11.9. The molecular formula is C47H56N10O3. The first kappa shape index (κ1) is 40.7. The highest BCUT2D eigenvalue weighted by Crippen LogP contribution is 2.36. The molecule has 0 saturated carbocycles. The van der Waals surface area contributed by atoms with Gasteiger partial charge in [0.15, 0.2) is 0 Å². The van der Waals surface area contributed by atoms with E-state index in [0.29, 0.717) is 12.5 Å². The highest BCUT2D eigenvalue weighted by atomic mass is 16.5. The minimum absolute atomic E-state index is 0.000866. The van der Waals surface area contributed by atoms with E-state index in [9.17, 15) is 9.59 Å². The number of nitrogens with one attached hydrogen (secondary N) is 3. The molecule has 1 atom stereocenters. The number of pyridine rings is 1. The Balaban J connectivity index is 0.000000191. The zero-order valence-corrected chi connectivity index (χ0v) is 35.0. The highest BCUT2D eigenvalue weighted by molar-refractivity contribution is 5.94. The van der Waals surface area contributed by atoms with E-state index in [1.807, 2.05) is 61.5 Å². The largest absolute Gasteiger partial charge is 0.474 e. The number of piperidine rings is 1. The molecule has 3 aromatic carbocycles. The van der Waals surface area contributed by atoms with Crippen molar-refractivity contribution < 1.29 is 14.3 Å². The van der Waals surface area contributed by atoms with Gasteiger partial charge in [-0.15, -0.1) is 0 Å². The summed E-state index contributed by atoms with van der Waals surface area (Å²) in [7, 11) is 0. The molecule has 3 fully saturated rings. The van der Waals surface area contributed by atoms with Gasteiger partial charge in [-0.1, -0.05) is 36.4 Å². The number of rotatable bonds is 8. The van der Waals surface area contributed by atoms with Gasteiger partial charge >= 0.3 is 0 Å². The quantitative estimate of drug-likeness (QED) is 0.174. The standard InChI is InChI=1S/C30H40N6O2.C17H16N4O/c1-23-3-6-25(7-4-23)30(38)36-21-17-34(18-22-36)14-13-33-15-19-35(20-16-33)27-10-8-26(9-11-27)32-28-12-5-24(2)31-29(28)37;1-10-14(9-20-17-16(10)18-5-6-22-17)12-3-4-13-8-19-11(2)21-15(13)7-12/h3-4,6-11,28,32H,2,5,12-22H2,1H3,(H,31,37);3-4,7-9,18H,5-6H2,1-2H3. The van der Waals surface area contributed by atoms with E-state index in [1.54, 1.807) is 0 Å². The van der Waals surface area contributed by atoms with Crippen molar-refractivity contribution in [2.24, 2.45) is 0 Å². The van der Waals surface area contributed by atoms with Crippen LogP contribution in [0.25, 0.3) is 22.0 Å². The number of aromatic nitrogens is 3. The number of carbonyl (C=O) groups is 2. The maximum absolute atomic E-state index is 12.8. The molecule has 4 aliphatic heterocycles. The Labute approximate surface area is 352 Å². The van der Waals surface area contributed by atoms with Gasteiger partial charge < -0.3 is 30.5 Å². The lowest BCUT2D eigenvalue weighted by Crippen LogP contribution is -2.52. The SMILES string of the molecule is C=C1CCC(Nc2ccc(N3CCN(CCN4CCN(C(=O)c5ccc(C)cc5)CC4)CC3)cc2)C(=O)N1.Cc1ncc2ccc(-c3cnc4c(c3C)NCCO4)cc2n1. The van der Waals surface area contributed by atoms with Crippen LogP contribution in [0.3, 0.4) is 0 Å². The van der Waals surface area contributed by atoms with Crippen LogP contribution < -0.4 is 25.6 Å². The van der Waals surface area contributed by atoms with Gasteiger partial charge in [-0.25, -0.2) is 15.0 Å². The molecule has 2 amide bonds. The average molecular weight is 809 g/mol. The molecule has 1 unspecified atom stereocenters. The number of benzene rings is 3. The number of piperazine rings is 2. The second kappa shape index (κ2) is 18.5. The van der Waals surface area contributed by atoms with Crippen LogP contribution in [0.15, 0.2) is 91.4 Å². The zero-order valence-electron chi connectivity index (χ0n) is 35.0. The maximum atomic E-state index is 12.8. The van der Waals surface area contributed by atoms with Crippen LogP contribution >= 0.6 is 0 Å². The number of aryl methyl sites for hydroxylation is 2. The van der Waals surface area contributed by atoms with Crippen molar-refractivity contribution in [3.63, 3.8) is 0 Å². The van der Waals surface area contributed by atoms with Gasteiger partial charge in [0.2, 0.25) is 11.8 Å². The number of ether oxygens (including phenoxy) is 1. The Morgan fingerprint density at radius 1 is 0.867 bits per heavy atom. The Kier molecular flexibility index (Phi) is 12.5. The van der Waals surface area contributed by atoms with Gasteiger partial charge in [0, 0.05) is 118 Å². The fraction of sp³-hybridized carbons (Fsp3) is 0.383. The smallest absolute Gasteiger partial charge is 0.253 e. The first-order valence-corrected chi connectivity index (χ1v) is 21.2. The van der Waals surface area contributed by atoms with Crippen molar-refractivity contribution in [1.29, 1.82) is 0 Å². The molecule has 6 heterocycles. The predicted molar refractivity (Wildman–Crippen MR) is 239 cm³/mol. The van der Waals surface area contributed by atoms with Gasteiger partial charge in [-0.05, 0) is 87.2 Å². The first-order chi connectivity index (χ1) is 29.2.